The lowest BCUT2D eigenvalue weighted by atomic mass is 10.2. The maximum absolute atomic E-state index is 12.0. The van der Waals surface area contributed by atoms with Gasteiger partial charge in [0.2, 0.25) is 6.79 Å². The Morgan fingerprint density at radius 3 is 3.00 bits per heavy atom. The number of rotatable bonds is 7. The highest BCUT2D eigenvalue weighted by Crippen LogP contribution is 2.36. The quantitative estimate of drug-likeness (QED) is 0.726. The molecule has 1 aliphatic rings. The van der Waals surface area contributed by atoms with E-state index in [9.17, 15) is 9.59 Å². The molecule has 1 aromatic carbocycles. The van der Waals surface area contributed by atoms with Gasteiger partial charge in [-0.3, -0.25) is 4.79 Å². The molecule has 3 rings (SSSR count). The second kappa shape index (κ2) is 7.28. The van der Waals surface area contributed by atoms with Crippen LogP contribution in [-0.4, -0.2) is 48.5 Å². The molecular weight excluding hydrogens is 336 g/mol. The van der Waals surface area contributed by atoms with Gasteiger partial charge in [-0.05, 0) is 18.2 Å². The number of carbonyl (C=O) groups excluding carboxylic acids is 1. The number of aromatic nitrogens is 1. The van der Waals surface area contributed by atoms with Gasteiger partial charge in [-0.15, -0.1) is 11.3 Å². The highest BCUT2D eigenvalue weighted by atomic mass is 32.1. The van der Waals surface area contributed by atoms with Crippen LogP contribution in [0.15, 0.2) is 24.4 Å². The predicted octanol–water partition coefficient (Wildman–Crippen LogP) is 1.37. The molecule has 0 atom stereocenters. The first-order valence-electron chi connectivity index (χ1n) is 7.07. The average molecular weight is 350 g/mol. The summed E-state index contributed by atoms with van der Waals surface area (Å²) in [6.07, 6.45) is 1.50. The van der Waals surface area contributed by atoms with Gasteiger partial charge in [0.25, 0.3) is 5.91 Å². The maximum Gasteiger partial charge on any atom is 0.329 e. The monoisotopic (exact) mass is 350 g/mol. The van der Waals surface area contributed by atoms with E-state index >= 15 is 0 Å². The number of hydrogen-bond donors (Lipinski definition) is 2. The largest absolute Gasteiger partial charge is 0.480 e. The van der Waals surface area contributed by atoms with Gasteiger partial charge in [0.15, 0.2) is 11.5 Å². The van der Waals surface area contributed by atoms with Crippen molar-refractivity contribution in [3.8, 4) is 22.1 Å². The summed E-state index contributed by atoms with van der Waals surface area (Å²) in [4.78, 5) is 27.0. The van der Waals surface area contributed by atoms with Gasteiger partial charge in [0.05, 0.1) is 12.8 Å². The molecule has 9 heteroatoms. The van der Waals surface area contributed by atoms with Crippen LogP contribution in [0.1, 0.15) is 9.67 Å². The molecule has 2 N–H and O–H groups in total. The number of thiazole rings is 1. The fraction of sp³-hybridized carbons (Fsp3) is 0.267. The number of nitrogens with zero attached hydrogens (tertiary/aromatic N) is 1. The molecule has 0 radical (unpaired) electrons. The number of hydrogen-bond acceptors (Lipinski definition) is 7. The van der Waals surface area contributed by atoms with Crippen LogP contribution in [0.2, 0.25) is 0 Å². The standard InChI is InChI=1S/C15H14N2O6S/c18-13(19)7-21-4-3-16-14(20)12-6-17-15(24-12)9-1-2-10-11(5-9)23-8-22-10/h1-2,5-6H,3-4,7-8H2,(H,16,20)(H,18,19). The minimum Gasteiger partial charge on any atom is -0.480 e. The molecule has 0 aliphatic carbocycles. The Balaban J connectivity index is 1.57. The zero-order chi connectivity index (χ0) is 16.9. The summed E-state index contributed by atoms with van der Waals surface area (Å²) in [7, 11) is 0. The van der Waals surface area contributed by atoms with Crippen molar-refractivity contribution in [1.82, 2.24) is 10.3 Å². The second-order valence-electron chi connectivity index (χ2n) is 4.80. The molecule has 24 heavy (non-hydrogen) atoms. The third-order valence-electron chi connectivity index (χ3n) is 3.11. The lowest BCUT2D eigenvalue weighted by Crippen LogP contribution is -2.27. The van der Waals surface area contributed by atoms with Crippen molar-refractivity contribution in [2.75, 3.05) is 26.6 Å². The Bertz CT molecular complexity index is 760. The third-order valence-corrected chi connectivity index (χ3v) is 4.15. The van der Waals surface area contributed by atoms with Crippen LogP contribution >= 0.6 is 11.3 Å². The van der Waals surface area contributed by atoms with Crippen LogP contribution in [0.3, 0.4) is 0 Å². The number of fused-ring (bicyclic) bond motifs is 1. The second-order valence-corrected chi connectivity index (χ2v) is 5.83. The molecular formula is C15H14N2O6S. The molecule has 126 valence electrons. The molecule has 0 bridgehead atoms. The van der Waals surface area contributed by atoms with Crippen molar-refractivity contribution >= 4 is 23.2 Å². The van der Waals surface area contributed by atoms with Crippen molar-refractivity contribution in [2.45, 2.75) is 0 Å². The Labute approximate surface area is 141 Å². The number of nitrogens with one attached hydrogen (secondary N) is 1. The van der Waals surface area contributed by atoms with Crippen molar-refractivity contribution in [3.63, 3.8) is 0 Å². The summed E-state index contributed by atoms with van der Waals surface area (Å²) in [5.41, 5.74) is 0.841. The summed E-state index contributed by atoms with van der Waals surface area (Å²) in [6, 6.07) is 5.48. The normalized spacial score (nSPS) is 12.2. The third kappa shape index (κ3) is 3.81. The molecule has 0 unspecified atom stereocenters. The number of ether oxygens (including phenoxy) is 3. The SMILES string of the molecule is O=C(O)COCCNC(=O)c1cnc(-c2ccc3c(c2)OCO3)s1. The zero-order valence-corrected chi connectivity index (χ0v) is 13.3. The van der Waals surface area contributed by atoms with Crippen molar-refractivity contribution < 1.29 is 28.9 Å². The first-order chi connectivity index (χ1) is 11.6. The topological polar surface area (TPSA) is 107 Å². The van der Waals surface area contributed by atoms with Crippen LogP contribution in [0.4, 0.5) is 0 Å². The van der Waals surface area contributed by atoms with E-state index in [1.165, 1.54) is 17.5 Å². The van der Waals surface area contributed by atoms with Crippen LogP contribution in [0.5, 0.6) is 11.5 Å². The summed E-state index contributed by atoms with van der Waals surface area (Å²) in [5, 5.41) is 11.8. The summed E-state index contributed by atoms with van der Waals surface area (Å²) >= 11 is 1.25. The van der Waals surface area contributed by atoms with Gasteiger partial charge in [0, 0.05) is 12.1 Å². The van der Waals surface area contributed by atoms with Crippen LogP contribution < -0.4 is 14.8 Å². The van der Waals surface area contributed by atoms with Gasteiger partial charge < -0.3 is 24.6 Å². The van der Waals surface area contributed by atoms with Gasteiger partial charge in [0.1, 0.15) is 16.5 Å². The molecule has 8 nitrogen and oxygen atoms in total. The fourth-order valence-electron chi connectivity index (χ4n) is 2.03. The minimum atomic E-state index is -1.04. The number of carbonyl (C=O) groups is 2. The fourth-order valence-corrected chi connectivity index (χ4v) is 2.85. The molecule has 0 saturated heterocycles. The van der Waals surface area contributed by atoms with Crippen LogP contribution in [0.25, 0.3) is 10.6 Å². The van der Waals surface area contributed by atoms with E-state index in [2.05, 4.69) is 10.3 Å². The molecule has 2 aromatic rings. The summed E-state index contributed by atoms with van der Waals surface area (Å²) in [6.45, 7) is 0.175. The van der Waals surface area contributed by atoms with E-state index in [1.807, 2.05) is 12.1 Å². The number of carboxylic acid groups (broad SMARTS) is 1. The van der Waals surface area contributed by atoms with Gasteiger partial charge in [-0.1, -0.05) is 0 Å². The van der Waals surface area contributed by atoms with Crippen molar-refractivity contribution in [3.05, 3.63) is 29.3 Å². The lowest BCUT2D eigenvalue weighted by Gasteiger charge is -2.03. The highest BCUT2D eigenvalue weighted by Gasteiger charge is 2.16. The predicted molar refractivity (Wildman–Crippen MR) is 84.5 cm³/mol. The molecule has 1 amide bonds. The van der Waals surface area contributed by atoms with E-state index in [-0.39, 0.29) is 32.5 Å². The zero-order valence-electron chi connectivity index (χ0n) is 12.5. The van der Waals surface area contributed by atoms with Gasteiger partial charge in [-0.2, -0.15) is 0 Å². The Morgan fingerprint density at radius 1 is 1.33 bits per heavy atom. The molecule has 0 saturated carbocycles. The summed E-state index contributed by atoms with van der Waals surface area (Å²) in [5.74, 6) is 0.0227. The molecule has 0 spiro atoms. The Hall–Kier alpha value is -2.65. The number of amides is 1. The van der Waals surface area contributed by atoms with Crippen LogP contribution in [0, 0.1) is 0 Å². The smallest absolute Gasteiger partial charge is 0.329 e. The molecule has 1 aromatic heterocycles. The van der Waals surface area contributed by atoms with Crippen LogP contribution in [-0.2, 0) is 9.53 Å². The number of carboxylic acids is 1. The van der Waals surface area contributed by atoms with Gasteiger partial charge in [-0.25, -0.2) is 9.78 Å². The molecule has 2 heterocycles. The Morgan fingerprint density at radius 2 is 2.17 bits per heavy atom. The minimum absolute atomic E-state index is 0.131. The van der Waals surface area contributed by atoms with E-state index in [4.69, 9.17) is 19.3 Å². The first kappa shape index (κ1) is 16.2. The van der Waals surface area contributed by atoms with Gasteiger partial charge >= 0.3 is 5.97 Å². The maximum atomic E-state index is 12.0. The molecule has 1 aliphatic heterocycles. The van der Waals surface area contributed by atoms with E-state index < -0.39 is 5.97 Å². The first-order valence-corrected chi connectivity index (χ1v) is 7.89. The summed E-state index contributed by atoms with van der Waals surface area (Å²) < 4.78 is 15.4. The van der Waals surface area contributed by atoms with E-state index in [0.717, 1.165) is 5.56 Å². The van der Waals surface area contributed by atoms with Crippen molar-refractivity contribution in [1.29, 1.82) is 0 Å². The average Bonchev–Trinajstić information content (AvgIpc) is 3.22. The van der Waals surface area contributed by atoms with E-state index in [1.54, 1.807) is 6.07 Å². The Kier molecular flexibility index (Phi) is 4.92. The molecule has 0 fully saturated rings. The van der Waals surface area contributed by atoms with Crippen molar-refractivity contribution in [2.24, 2.45) is 0 Å². The highest BCUT2D eigenvalue weighted by molar-refractivity contribution is 7.16. The lowest BCUT2D eigenvalue weighted by molar-refractivity contribution is -0.142. The van der Waals surface area contributed by atoms with E-state index in [0.29, 0.717) is 21.4 Å². The number of aliphatic carboxylic acids is 1. The number of benzene rings is 1.